The lowest BCUT2D eigenvalue weighted by atomic mass is 10.1. The number of halogens is 1. The Morgan fingerprint density at radius 3 is 2.48 bits per heavy atom. The summed E-state index contributed by atoms with van der Waals surface area (Å²) >= 11 is 3.49. The van der Waals surface area contributed by atoms with Crippen molar-refractivity contribution in [2.45, 2.75) is 6.04 Å². The molecule has 1 aliphatic heterocycles. The molecule has 1 aromatic heterocycles. The smallest absolute Gasteiger partial charge is 0.128 e. The standard InChI is InChI=1S/C15H20BrN5/c16-15-14(18-11-19-15)13(10-17)21-8-6-20(7-9-21)12-4-2-1-3-5-12/h1-5,11,13H,6-10,17H2,(H,18,19). The van der Waals surface area contributed by atoms with Crippen LogP contribution in [0.15, 0.2) is 41.3 Å². The fourth-order valence-electron chi connectivity index (χ4n) is 2.90. The first-order valence-electron chi connectivity index (χ1n) is 7.22. The quantitative estimate of drug-likeness (QED) is 0.886. The Balaban J connectivity index is 1.66. The zero-order valence-corrected chi connectivity index (χ0v) is 13.5. The zero-order valence-electron chi connectivity index (χ0n) is 11.9. The van der Waals surface area contributed by atoms with E-state index in [9.17, 15) is 0 Å². The van der Waals surface area contributed by atoms with Crippen LogP contribution < -0.4 is 10.6 Å². The summed E-state index contributed by atoms with van der Waals surface area (Å²) in [6.07, 6.45) is 1.71. The van der Waals surface area contributed by atoms with E-state index in [0.29, 0.717) is 6.54 Å². The van der Waals surface area contributed by atoms with E-state index < -0.39 is 0 Å². The summed E-state index contributed by atoms with van der Waals surface area (Å²) in [5.41, 5.74) is 8.36. The molecule has 1 saturated heterocycles. The van der Waals surface area contributed by atoms with Crippen molar-refractivity contribution in [2.75, 3.05) is 37.6 Å². The van der Waals surface area contributed by atoms with E-state index in [1.165, 1.54) is 5.69 Å². The van der Waals surface area contributed by atoms with Crippen molar-refractivity contribution >= 4 is 21.6 Å². The molecule has 3 rings (SSSR count). The Labute approximate surface area is 133 Å². The molecule has 1 atom stereocenters. The van der Waals surface area contributed by atoms with Gasteiger partial charge in [0.25, 0.3) is 0 Å². The van der Waals surface area contributed by atoms with Crippen LogP contribution in [-0.2, 0) is 0 Å². The number of benzene rings is 1. The van der Waals surface area contributed by atoms with Crippen molar-refractivity contribution in [3.05, 3.63) is 47.0 Å². The van der Waals surface area contributed by atoms with Crippen LogP contribution in [0.5, 0.6) is 0 Å². The fourth-order valence-corrected chi connectivity index (χ4v) is 3.38. The maximum Gasteiger partial charge on any atom is 0.128 e. The van der Waals surface area contributed by atoms with Gasteiger partial charge in [-0.25, -0.2) is 4.98 Å². The molecular weight excluding hydrogens is 330 g/mol. The number of hydrogen-bond acceptors (Lipinski definition) is 4. The van der Waals surface area contributed by atoms with Gasteiger partial charge in [-0.1, -0.05) is 18.2 Å². The highest BCUT2D eigenvalue weighted by Crippen LogP contribution is 2.26. The number of nitrogens with zero attached hydrogens (tertiary/aromatic N) is 3. The number of imidazole rings is 1. The first-order valence-corrected chi connectivity index (χ1v) is 8.02. The molecular formula is C15H20BrN5. The Kier molecular flexibility index (Phi) is 4.57. The lowest BCUT2D eigenvalue weighted by molar-refractivity contribution is 0.186. The van der Waals surface area contributed by atoms with Crippen LogP contribution in [0.1, 0.15) is 11.7 Å². The summed E-state index contributed by atoms with van der Waals surface area (Å²) < 4.78 is 0.864. The molecule has 0 amide bonds. The topological polar surface area (TPSA) is 61.2 Å². The first-order chi connectivity index (χ1) is 10.3. The summed E-state index contributed by atoms with van der Waals surface area (Å²) in [6, 6.07) is 10.8. The van der Waals surface area contributed by atoms with Gasteiger partial charge in [0.1, 0.15) is 4.60 Å². The Hall–Kier alpha value is -1.37. The number of aromatic amines is 1. The van der Waals surface area contributed by atoms with E-state index in [2.05, 4.69) is 66.0 Å². The average molecular weight is 350 g/mol. The zero-order chi connectivity index (χ0) is 14.7. The van der Waals surface area contributed by atoms with Crippen molar-refractivity contribution in [3.8, 4) is 0 Å². The third-order valence-corrected chi connectivity index (χ3v) is 4.68. The third-order valence-electron chi connectivity index (χ3n) is 4.05. The molecule has 21 heavy (non-hydrogen) atoms. The lowest BCUT2D eigenvalue weighted by Crippen LogP contribution is -2.49. The van der Waals surface area contributed by atoms with Gasteiger partial charge in [-0.3, -0.25) is 4.90 Å². The number of anilines is 1. The van der Waals surface area contributed by atoms with Crippen molar-refractivity contribution in [3.63, 3.8) is 0 Å². The van der Waals surface area contributed by atoms with Crippen LogP contribution >= 0.6 is 15.9 Å². The second-order valence-corrected chi connectivity index (χ2v) is 5.97. The lowest BCUT2D eigenvalue weighted by Gasteiger charge is -2.39. The number of aromatic nitrogens is 2. The molecule has 0 saturated carbocycles. The SMILES string of the molecule is NCC(c1[nH]cnc1Br)N1CCN(c2ccccc2)CC1. The summed E-state index contributed by atoms with van der Waals surface area (Å²) in [5, 5.41) is 0. The predicted molar refractivity (Wildman–Crippen MR) is 88.3 cm³/mol. The molecule has 0 radical (unpaired) electrons. The first kappa shape index (κ1) is 14.6. The molecule has 1 aliphatic rings. The van der Waals surface area contributed by atoms with Gasteiger partial charge in [-0.15, -0.1) is 0 Å². The van der Waals surface area contributed by atoms with E-state index in [0.717, 1.165) is 36.5 Å². The number of nitrogens with one attached hydrogen (secondary N) is 1. The molecule has 1 fully saturated rings. The maximum atomic E-state index is 5.99. The minimum Gasteiger partial charge on any atom is -0.369 e. The van der Waals surface area contributed by atoms with Crippen molar-refractivity contribution in [1.82, 2.24) is 14.9 Å². The van der Waals surface area contributed by atoms with Gasteiger partial charge in [-0.2, -0.15) is 0 Å². The number of H-pyrrole nitrogens is 1. The molecule has 1 aromatic carbocycles. The maximum absolute atomic E-state index is 5.99. The van der Waals surface area contributed by atoms with Gasteiger partial charge in [0.15, 0.2) is 0 Å². The van der Waals surface area contributed by atoms with Gasteiger partial charge in [0.2, 0.25) is 0 Å². The molecule has 2 aromatic rings. The van der Waals surface area contributed by atoms with E-state index in [4.69, 9.17) is 5.73 Å². The van der Waals surface area contributed by atoms with Crippen LogP contribution in [0.3, 0.4) is 0 Å². The minimum absolute atomic E-state index is 0.194. The Morgan fingerprint density at radius 2 is 1.90 bits per heavy atom. The van der Waals surface area contributed by atoms with E-state index in [1.807, 2.05) is 0 Å². The van der Waals surface area contributed by atoms with Crippen LogP contribution in [0.2, 0.25) is 0 Å². The predicted octanol–water partition coefficient (Wildman–Crippen LogP) is 1.99. The van der Waals surface area contributed by atoms with Crippen LogP contribution in [0.4, 0.5) is 5.69 Å². The minimum atomic E-state index is 0.194. The Bertz CT molecular complexity index is 562. The summed E-state index contributed by atoms with van der Waals surface area (Å²) in [6.45, 7) is 4.63. The second kappa shape index (κ2) is 6.60. The summed E-state index contributed by atoms with van der Waals surface area (Å²) in [5.74, 6) is 0. The van der Waals surface area contributed by atoms with Crippen molar-refractivity contribution in [1.29, 1.82) is 0 Å². The van der Waals surface area contributed by atoms with Gasteiger partial charge >= 0.3 is 0 Å². The van der Waals surface area contributed by atoms with Crippen molar-refractivity contribution in [2.24, 2.45) is 5.73 Å². The van der Waals surface area contributed by atoms with E-state index in [-0.39, 0.29) is 6.04 Å². The highest BCUT2D eigenvalue weighted by atomic mass is 79.9. The van der Waals surface area contributed by atoms with Gasteiger partial charge < -0.3 is 15.6 Å². The summed E-state index contributed by atoms with van der Waals surface area (Å²) in [4.78, 5) is 12.3. The normalized spacial score (nSPS) is 17.9. The molecule has 0 spiro atoms. The number of piperazine rings is 1. The largest absolute Gasteiger partial charge is 0.369 e. The summed E-state index contributed by atoms with van der Waals surface area (Å²) in [7, 11) is 0. The second-order valence-electron chi connectivity index (χ2n) is 5.22. The average Bonchev–Trinajstić information content (AvgIpc) is 2.96. The number of nitrogens with two attached hydrogens (primary N) is 1. The van der Waals surface area contributed by atoms with Crippen LogP contribution in [0.25, 0.3) is 0 Å². The van der Waals surface area contributed by atoms with E-state index >= 15 is 0 Å². The van der Waals surface area contributed by atoms with Gasteiger partial charge in [0, 0.05) is 38.4 Å². The van der Waals surface area contributed by atoms with Gasteiger partial charge in [-0.05, 0) is 28.1 Å². The fraction of sp³-hybridized carbons (Fsp3) is 0.400. The highest BCUT2D eigenvalue weighted by Gasteiger charge is 2.26. The molecule has 0 bridgehead atoms. The monoisotopic (exact) mass is 349 g/mol. The molecule has 3 N–H and O–H groups in total. The highest BCUT2D eigenvalue weighted by molar-refractivity contribution is 9.10. The molecule has 1 unspecified atom stereocenters. The molecule has 0 aliphatic carbocycles. The Morgan fingerprint density at radius 1 is 1.19 bits per heavy atom. The molecule has 2 heterocycles. The molecule has 5 nitrogen and oxygen atoms in total. The molecule has 112 valence electrons. The van der Waals surface area contributed by atoms with Crippen molar-refractivity contribution < 1.29 is 0 Å². The number of rotatable bonds is 4. The molecule has 6 heteroatoms. The number of hydrogen-bond donors (Lipinski definition) is 2. The van der Waals surface area contributed by atoms with Crippen LogP contribution in [0, 0.1) is 0 Å². The van der Waals surface area contributed by atoms with Crippen LogP contribution in [-0.4, -0.2) is 47.6 Å². The van der Waals surface area contributed by atoms with Gasteiger partial charge in [0.05, 0.1) is 18.1 Å². The third kappa shape index (κ3) is 3.12. The van der Waals surface area contributed by atoms with E-state index in [1.54, 1.807) is 6.33 Å². The number of para-hydroxylation sites is 1.